The quantitative estimate of drug-likeness (QED) is 0.116. The van der Waals surface area contributed by atoms with Crippen LogP contribution in [-0.2, 0) is 10.1 Å². The summed E-state index contributed by atoms with van der Waals surface area (Å²) in [7, 11) is -6.00. The number of para-hydroxylation sites is 4. The lowest BCUT2D eigenvalue weighted by molar-refractivity contribution is -0.0500. The number of furan rings is 1. The molecule has 8 aromatic rings. The van der Waals surface area contributed by atoms with Crippen molar-refractivity contribution in [2.75, 3.05) is 9.80 Å². The topological polar surface area (TPSA) is 63.0 Å². The first-order chi connectivity index (χ1) is 24.7. The predicted octanol–water partition coefficient (Wildman–Crippen LogP) is 11.9. The van der Waals surface area contributed by atoms with Crippen molar-refractivity contribution < 1.29 is 30.2 Å². The highest BCUT2D eigenvalue weighted by molar-refractivity contribution is 7.88. The molecule has 6 nitrogen and oxygen atoms in total. The van der Waals surface area contributed by atoms with Crippen LogP contribution in [0.3, 0.4) is 0 Å². The number of alkyl halides is 3. The van der Waals surface area contributed by atoms with Gasteiger partial charge in [-0.15, -0.1) is 0 Å². The van der Waals surface area contributed by atoms with Crippen LogP contribution in [-0.4, -0.2) is 13.9 Å². The summed E-state index contributed by atoms with van der Waals surface area (Å²) < 4.78 is 76.7. The highest BCUT2D eigenvalue weighted by atomic mass is 32.2. The SMILES string of the molecule is O=S(=O)(Oc1cc(N(c2ccccc2)c2ccccc2)c2c(c1)oc1cc(N(c3ccccc3)c3ccccc3)c3ccccc3c12)C(F)(F)F. The fourth-order valence-electron chi connectivity index (χ4n) is 6.44. The van der Waals surface area contributed by atoms with E-state index in [1.54, 1.807) is 0 Å². The normalized spacial score (nSPS) is 12.0. The Labute approximate surface area is 291 Å². The van der Waals surface area contributed by atoms with Gasteiger partial charge in [0.25, 0.3) is 0 Å². The highest BCUT2D eigenvalue weighted by Crippen LogP contribution is 2.50. The first kappa shape index (κ1) is 32.0. The zero-order valence-electron chi connectivity index (χ0n) is 26.7. The lowest BCUT2D eigenvalue weighted by atomic mass is 9.99. The van der Waals surface area contributed by atoms with Gasteiger partial charge in [0.1, 0.15) is 16.9 Å². The number of hydrogen-bond acceptors (Lipinski definition) is 6. The lowest BCUT2D eigenvalue weighted by Crippen LogP contribution is -2.28. The summed E-state index contributed by atoms with van der Waals surface area (Å²) in [6, 6.07) is 50.5. The van der Waals surface area contributed by atoms with E-state index in [9.17, 15) is 21.6 Å². The largest absolute Gasteiger partial charge is 0.534 e. The summed E-state index contributed by atoms with van der Waals surface area (Å²) in [5, 5.41) is 2.96. The Kier molecular flexibility index (Phi) is 7.88. The molecule has 10 heteroatoms. The second-order valence-electron chi connectivity index (χ2n) is 11.7. The Balaban J connectivity index is 1.48. The molecule has 0 atom stereocenters. The van der Waals surface area contributed by atoms with Crippen molar-refractivity contribution >= 4 is 77.0 Å². The number of nitrogens with zero attached hydrogens (tertiary/aromatic N) is 2. The number of anilines is 6. The highest BCUT2D eigenvalue weighted by Gasteiger charge is 2.48. The third-order valence-electron chi connectivity index (χ3n) is 8.54. The number of hydrogen-bond donors (Lipinski definition) is 0. The molecule has 0 aliphatic rings. The molecular formula is C41H27F3N2O4S. The summed E-state index contributed by atoms with van der Waals surface area (Å²) >= 11 is 0. The number of fused-ring (bicyclic) bond motifs is 5. The number of halogens is 3. The van der Waals surface area contributed by atoms with Crippen molar-refractivity contribution in [2.24, 2.45) is 0 Å². The first-order valence-electron chi connectivity index (χ1n) is 15.9. The van der Waals surface area contributed by atoms with Gasteiger partial charge in [0.15, 0.2) is 0 Å². The molecule has 1 heterocycles. The van der Waals surface area contributed by atoms with Gasteiger partial charge in [0.2, 0.25) is 0 Å². The van der Waals surface area contributed by atoms with Gasteiger partial charge >= 0.3 is 15.6 Å². The summed E-state index contributed by atoms with van der Waals surface area (Å²) in [5.74, 6) is -0.550. The van der Waals surface area contributed by atoms with Crippen LogP contribution >= 0.6 is 0 Å². The summed E-state index contributed by atoms with van der Waals surface area (Å²) in [6.07, 6.45) is 0. The molecule has 0 aliphatic carbocycles. The molecule has 0 amide bonds. The Morgan fingerprint density at radius 3 is 1.37 bits per heavy atom. The van der Waals surface area contributed by atoms with E-state index in [1.807, 2.05) is 157 Å². The molecule has 0 radical (unpaired) electrons. The van der Waals surface area contributed by atoms with Crippen molar-refractivity contribution in [3.05, 3.63) is 164 Å². The minimum atomic E-state index is -6.00. The van der Waals surface area contributed by atoms with E-state index >= 15 is 0 Å². The van der Waals surface area contributed by atoms with E-state index in [-0.39, 0.29) is 5.58 Å². The van der Waals surface area contributed by atoms with Crippen LogP contribution in [0.25, 0.3) is 32.7 Å². The van der Waals surface area contributed by atoms with E-state index in [1.165, 1.54) is 12.1 Å². The second-order valence-corrected chi connectivity index (χ2v) is 13.3. The molecule has 1 aromatic heterocycles. The average molecular weight is 701 g/mol. The average Bonchev–Trinajstić information content (AvgIpc) is 3.52. The monoisotopic (exact) mass is 700 g/mol. The van der Waals surface area contributed by atoms with Crippen molar-refractivity contribution in [1.82, 2.24) is 0 Å². The fourth-order valence-corrected chi connectivity index (χ4v) is 6.89. The predicted molar refractivity (Wildman–Crippen MR) is 196 cm³/mol. The molecule has 51 heavy (non-hydrogen) atoms. The van der Waals surface area contributed by atoms with Crippen molar-refractivity contribution in [3.8, 4) is 5.75 Å². The fraction of sp³-hybridized carbons (Fsp3) is 0.0244. The zero-order chi connectivity index (χ0) is 35.2. The molecule has 0 fully saturated rings. The van der Waals surface area contributed by atoms with Crippen LogP contribution in [0.2, 0.25) is 0 Å². The van der Waals surface area contributed by atoms with Gasteiger partial charge in [-0.2, -0.15) is 21.6 Å². The molecule has 8 rings (SSSR count). The van der Waals surface area contributed by atoms with Gasteiger partial charge in [-0.05, 0) is 53.9 Å². The summed E-state index contributed by atoms with van der Waals surface area (Å²) in [4.78, 5) is 3.95. The standard InChI is InChI=1S/C41H27F3N2O4S/c42-41(43,44)51(47,48)50-32-25-36(46(30-19-9-3-10-20-30)31-21-11-4-12-22-31)40-37(26-32)49-38-27-35(33-23-13-14-24-34(33)39(38)40)45(28-15-5-1-6-16-28)29-17-7-2-8-18-29/h1-27H. The van der Waals surface area contributed by atoms with E-state index in [4.69, 9.17) is 8.60 Å². The van der Waals surface area contributed by atoms with Crippen molar-refractivity contribution in [2.45, 2.75) is 5.51 Å². The maximum absolute atomic E-state index is 13.6. The third-order valence-corrected chi connectivity index (χ3v) is 9.52. The van der Waals surface area contributed by atoms with Crippen LogP contribution in [0.15, 0.2) is 168 Å². The van der Waals surface area contributed by atoms with Gasteiger partial charge in [-0.25, -0.2) is 0 Å². The van der Waals surface area contributed by atoms with Crippen LogP contribution in [0.4, 0.5) is 47.3 Å². The Bertz CT molecular complexity index is 2540. The maximum Gasteiger partial charge on any atom is 0.534 e. The molecule has 0 bridgehead atoms. The molecule has 252 valence electrons. The van der Waals surface area contributed by atoms with Gasteiger partial charge < -0.3 is 18.4 Å². The van der Waals surface area contributed by atoms with Gasteiger partial charge in [-0.1, -0.05) is 97.1 Å². The minimum Gasteiger partial charge on any atom is -0.456 e. The minimum absolute atomic E-state index is 0.139. The van der Waals surface area contributed by atoms with E-state index in [0.29, 0.717) is 33.4 Å². The van der Waals surface area contributed by atoms with Crippen LogP contribution < -0.4 is 14.0 Å². The molecule has 0 aliphatic heterocycles. The van der Waals surface area contributed by atoms with Gasteiger partial charge in [-0.3, -0.25) is 0 Å². The Morgan fingerprint density at radius 2 is 0.902 bits per heavy atom. The van der Waals surface area contributed by atoms with Crippen LogP contribution in [0.1, 0.15) is 0 Å². The third kappa shape index (κ3) is 5.79. The molecule has 0 saturated carbocycles. The molecule has 0 saturated heterocycles. The number of rotatable bonds is 8. The second kappa shape index (κ2) is 12.6. The zero-order valence-corrected chi connectivity index (χ0v) is 27.5. The molecule has 0 spiro atoms. The summed E-state index contributed by atoms with van der Waals surface area (Å²) in [5.41, 5.74) is -0.751. The van der Waals surface area contributed by atoms with Crippen LogP contribution in [0.5, 0.6) is 5.75 Å². The molecular weight excluding hydrogens is 674 g/mol. The Hall–Kier alpha value is -6.26. The van der Waals surface area contributed by atoms with Crippen LogP contribution in [0, 0.1) is 0 Å². The molecule has 7 aromatic carbocycles. The lowest BCUT2D eigenvalue weighted by Gasteiger charge is -2.27. The number of benzene rings is 7. The maximum atomic E-state index is 13.6. The van der Waals surface area contributed by atoms with E-state index < -0.39 is 21.4 Å². The van der Waals surface area contributed by atoms with E-state index in [2.05, 4.69) is 4.90 Å². The van der Waals surface area contributed by atoms with Crippen molar-refractivity contribution in [1.29, 1.82) is 0 Å². The van der Waals surface area contributed by atoms with Crippen molar-refractivity contribution in [3.63, 3.8) is 0 Å². The van der Waals surface area contributed by atoms with E-state index in [0.717, 1.165) is 27.8 Å². The smallest absolute Gasteiger partial charge is 0.456 e. The van der Waals surface area contributed by atoms with Gasteiger partial charge in [0.05, 0.1) is 16.8 Å². The summed E-state index contributed by atoms with van der Waals surface area (Å²) in [6.45, 7) is 0. The van der Waals surface area contributed by atoms with Gasteiger partial charge in [0, 0.05) is 51.7 Å². The molecule has 0 N–H and O–H groups in total. The molecule has 0 unspecified atom stereocenters. The Morgan fingerprint density at radius 1 is 0.490 bits per heavy atom. The first-order valence-corrected chi connectivity index (χ1v) is 17.3.